The lowest BCUT2D eigenvalue weighted by Crippen LogP contribution is -2.44. The van der Waals surface area contributed by atoms with E-state index >= 15 is 0 Å². The Labute approximate surface area is 108 Å². The van der Waals surface area contributed by atoms with Gasteiger partial charge in [0.2, 0.25) is 0 Å². The van der Waals surface area contributed by atoms with Crippen molar-refractivity contribution in [1.29, 1.82) is 0 Å². The van der Waals surface area contributed by atoms with E-state index in [-0.39, 0.29) is 11.0 Å². The van der Waals surface area contributed by atoms with Crippen molar-refractivity contribution >= 4 is 46.4 Å². The first-order valence-electron chi connectivity index (χ1n) is 4.27. The highest BCUT2D eigenvalue weighted by molar-refractivity contribution is 7.80. The second kappa shape index (κ2) is 6.00. The first-order chi connectivity index (χ1) is 7.54. The maximum atomic E-state index is 11.6. The van der Waals surface area contributed by atoms with E-state index in [1.165, 1.54) is 6.07 Å². The third kappa shape index (κ3) is 3.61. The molecule has 0 saturated carbocycles. The average Bonchev–Trinajstić information content (AvgIpc) is 2.22. The summed E-state index contributed by atoms with van der Waals surface area (Å²) in [5, 5.41) is 3.36. The number of thiocarbonyl (C=S) groups is 1. The first-order valence-corrected chi connectivity index (χ1v) is 5.44. The zero-order valence-corrected chi connectivity index (χ0v) is 10.6. The third-order valence-electron chi connectivity index (χ3n) is 1.65. The molecular formula is C9H9Cl2N3OS. The summed E-state index contributed by atoms with van der Waals surface area (Å²) in [6.07, 6.45) is 0. The van der Waals surface area contributed by atoms with Crippen LogP contribution in [0.4, 0.5) is 0 Å². The summed E-state index contributed by atoms with van der Waals surface area (Å²) in [7, 11) is 1.64. The highest BCUT2D eigenvalue weighted by Crippen LogP contribution is 2.22. The average molecular weight is 278 g/mol. The van der Waals surface area contributed by atoms with Crippen LogP contribution in [0.5, 0.6) is 0 Å². The SMILES string of the molecule is CNNC(=S)NC(=O)c1ccc(Cl)c(Cl)c1. The summed E-state index contributed by atoms with van der Waals surface area (Å²) in [5.41, 5.74) is 5.54. The van der Waals surface area contributed by atoms with E-state index in [0.29, 0.717) is 15.6 Å². The molecule has 0 heterocycles. The van der Waals surface area contributed by atoms with Gasteiger partial charge in [-0.15, -0.1) is 0 Å². The Hall–Kier alpha value is -0.880. The molecule has 0 saturated heterocycles. The van der Waals surface area contributed by atoms with Gasteiger partial charge in [-0.2, -0.15) is 0 Å². The van der Waals surface area contributed by atoms with Crippen LogP contribution < -0.4 is 16.2 Å². The zero-order valence-electron chi connectivity index (χ0n) is 8.30. The van der Waals surface area contributed by atoms with Crippen molar-refractivity contribution in [3.05, 3.63) is 33.8 Å². The fourth-order valence-corrected chi connectivity index (χ4v) is 1.45. The molecule has 4 nitrogen and oxygen atoms in total. The highest BCUT2D eigenvalue weighted by Gasteiger charge is 2.09. The molecule has 0 fully saturated rings. The van der Waals surface area contributed by atoms with E-state index < -0.39 is 0 Å². The third-order valence-corrected chi connectivity index (χ3v) is 2.59. The van der Waals surface area contributed by atoms with E-state index in [1.54, 1.807) is 19.2 Å². The summed E-state index contributed by atoms with van der Waals surface area (Å²) in [4.78, 5) is 11.6. The van der Waals surface area contributed by atoms with Crippen LogP contribution >= 0.6 is 35.4 Å². The van der Waals surface area contributed by atoms with Gasteiger partial charge in [-0.3, -0.25) is 15.5 Å². The molecule has 1 rings (SSSR count). The van der Waals surface area contributed by atoms with Crippen LogP contribution in [0.1, 0.15) is 10.4 Å². The van der Waals surface area contributed by atoms with Crippen LogP contribution in [0, 0.1) is 0 Å². The van der Waals surface area contributed by atoms with E-state index in [9.17, 15) is 4.79 Å². The molecule has 86 valence electrons. The lowest BCUT2D eigenvalue weighted by Gasteiger charge is -2.08. The van der Waals surface area contributed by atoms with Gasteiger partial charge in [0, 0.05) is 12.6 Å². The van der Waals surface area contributed by atoms with Crippen LogP contribution in [0.2, 0.25) is 10.0 Å². The molecule has 0 aliphatic carbocycles. The van der Waals surface area contributed by atoms with E-state index in [4.69, 9.17) is 35.4 Å². The Morgan fingerprint density at radius 2 is 2.00 bits per heavy atom. The van der Waals surface area contributed by atoms with Gasteiger partial charge in [-0.1, -0.05) is 23.2 Å². The normalized spacial score (nSPS) is 9.69. The van der Waals surface area contributed by atoms with Crippen LogP contribution in [-0.2, 0) is 0 Å². The zero-order chi connectivity index (χ0) is 12.1. The molecule has 1 amide bonds. The van der Waals surface area contributed by atoms with Crippen LogP contribution in [0.15, 0.2) is 18.2 Å². The minimum absolute atomic E-state index is 0.179. The largest absolute Gasteiger partial charge is 0.298 e. The second-order valence-electron chi connectivity index (χ2n) is 2.79. The highest BCUT2D eigenvalue weighted by atomic mass is 35.5. The number of carbonyl (C=O) groups is 1. The molecule has 0 aliphatic heterocycles. The van der Waals surface area contributed by atoms with Crippen molar-refractivity contribution in [2.24, 2.45) is 0 Å². The van der Waals surface area contributed by atoms with E-state index in [0.717, 1.165) is 0 Å². The lowest BCUT2D eigenvalue weighted by atomic mass is 10.2. The summed E-state index contributed by atoms with van der Waals surface area (Å²) in [6, 6.07) is 4.58. The number of hydrazine groups is 1. The number of rotatable bonds is 2. The number of hydrogen-bond acceptors (Lipinski definition) is 3. The van der Waals surface area contributed by atoms with Crippen LogP contribution in [-0.4, -0.2) is 18.1 Å². The number of hydrogen-bond donors (Lipinski definition) is 3. The first kappa shape index (κ1) is 13.2. The summed E-state index contributed by atoms with van der Waals surface area (Å²) in [5.74, 6) is -0.355. The van der Waals surface area contributed by atoms with Crippen LogP contribution in [0.3, 0.4) is 0 Å². The van der Waals surface area contributed by atoms with Crippen molar-refractivity contribution in [1.82, 2.24) is 16.2 Å². The van der Waals surface area contributed by atoms with Crippen molar-refractivity contribution in [2.75, 3.05) is 7.05 Å². The number of nitrogens with one attached hydrogen (secondary N) is 3. The fourth-order valence-electron chi connectivity index (χ4n) is 0.957. The van der Waals surface area contributed by atoms with E-state index in [1.807, 2.05) is 0 Å². The molecule has 1 aromatic rings. The number of benzene rings is 1. The predicted octanol–water partition coefficient (Wildman–Crippen LogP) is 1.73. The minimum Gasteiger partial charge on any atom is -0.298 e. The van der Waals surface area contributed by atoms with Crippen molar-refractivity contribution in [3.63, 3.8) is 0 Å². The van der Waals surface area contributed by atoms with Gasteiger partial charge in [0.15, 0.2) is 5.11 Å². The monoisotopic (exact) mass is 277 g/mol. The molecule has 0 spiro atoms. The van der Waals surface area contributed by atoms with Crippen molar-refractivity contribution < 1.29 is 4.79 Å². The van der Waals surface area contributed by atoms with Crippen molar-refractivity contribution in [2.45, 2.75) is 0 Å². The molecular weight excluding hydrogens is 269 g/mol. The Kier molecular flexibility index (Phi) is 4.95. The summed E-state index contributed by atoms with van der Waals surface area (Å²) < 4.78 is 0. The molecule has 3 N–H and O–H groups in total. The topological polar surface area (TPSA) is 53.2 Å². The Morgan fingerprint density at radius 1 is 1.31 bits per heavy atom. The molecule has 0 bridgehead atoms. The Morgan fingerprint density at radius 3 is 2.56 bits per heavy atom. The van der Waals surface area contributed by atoms with Gasteiger partial charge in [-0.25, -0.2) is 5.43 Å². The molecule has 0 atom stereocenters. The molecule has 16 heavy (non-hydrogen) atoms. The Balaban J connectivity index is 2.73. The van der Waals surface area contributed by atoms with Gasteiger partial charge in [-0.05, 0) is 30.4 Å². The van der Waals surface area contributed by atoms with E-state index in [2.05, 4.69) is 16.2 Å². The lowest BCUT2D eigenvalue weighted by molar-refractivity contribution is 0.0976. The van der Waals surface area contributed by atoms with Gasteiger partial charge >= 0.3 is 0 Å². The molecule has 1 aromatic carbocycles. The van der Waals surface area contributed by atoms with Gasteiger partial charge in [0.05, 0.1) is 10.0 Å². The molecule has 0 radical (unpaired) electrons. The van der Waals surface area contributed by atoms with Crippen molar-refractivity contribution in [3.8, 4) is 0 Å². The van der Waals surface area contributed by atoms with Gasteiger partial charge in [0.25, 0.3) is 5.91 Å². The number of carbonyl (C=O) groups excluding carboxylic acids is 1. The maximum absolute atomic E-state index is 11.6. The second-order valence-corrected chi connectivity index (χ2v) is 4.01. The standard InChI is InChI=1S/C9H9Cl2N3OS/c1-12-14-9(16)13-8(15)5-2-3-6(10)7(11)4-5/h2-4,12H,1H3,(H2,13,14,15,16). The fraction of sp³-hybridized carbons (Fsp3) is 0.111. The molecule has 0 aromatic heterocycles. The van der Waals surface area contributed by atoms with Crippen LogP contribution in [0.25, 0.3) is 0 Å². The smallest absolute Gasteiger partial charge is 0.257 e. The number of amides is 1. The van der Waals surface area contributed by atoms with Gasteiger partial charge in [0.1, 0.15) is 0 Å². The Bertz CT molecular complexity index is 425. The molecule has 0 aliphatic rings. The van der Waals surface area contributed by atoms with Gasteiger partial charge < -0.3 is 0 Å². The molecule has 7 heteroatoms. The summed E-state index contributed by atoms with van der Waals surface area (Å²) >= 11 is 16.3. The number of halogens is 2. The predicted molar refractivity (Wildman–Crippen MR) is 68.7 cm³/mol. The maximum Gasteiger partial charge on any atom is 0.257 e. The quantitative estimate of drug-likeness (QED) is 0.569. The summed E-state index contributed by atoms with van der Waals surface area (Å²) in [6.45, 7) is 0. The minimum atomic E-state index is -0.355. The molecule has 0 unspecified atom stereocenters.